The number of aryl methyl sites for hydroxylation is 2. The minimum atomic E-state index is 0.0712. The van der Waals surface area contributed by atoms with Crippen LogP contribution in [0.4, 0.5) is 0 Å². The monoisotopic (exact) mass is 359 g/mol. The Hall–Kier alpha value is -2.55. The average molecular weight is 359 g/mol. The van der Waals surface area contributed by atoms with Crippen LogP contribution < -0.4 is 5.32 Å². The van der Waals surface area contributed by atoms with Crippen LogP contribution in [-0.4, -0.2) is 11.9 Å². The fraction of sp³-hybridized carbons (Fsp3) is 0.375. The first-order valence-corrected chi connectivity index (χ1v) is 10.2. The maximum absolute atomic E-state index is 13.2. The Morgan fingerprint density at radius 2 is 1.85 bits per heavy atom. The van der Waals surface area contributed by atoms with Crippen molar-refractivity contribution in [2.75, 3.05) is 0 Å². The van der Waals surface area contributed by atoms with Crippen LogP contribution in [0.15, 0.2) is 53.1 Å². The van der Waals surface area contributed by atoms with Crippen molar-refractivity contribution in [1.82, 2.24) is 5.32 Å². The van der Waals surface area contributed by atoms with E-state index in [1.807, 2.05) is 18.2 Å². The predicted octanol–water partition coefficient (Wildman–Crippen LogP) is 5.06. The van der Waals surface area contributed by atoms with Crippen LogP contribution in [0.2, 0.25) is 0 Å². The Bertz CT molecular complexity index is 963. The fourth-order valence-electron chi connectivity index (χ4n) is 5.02. The average Bonchev–Trinajstić information content (AvgIpc) is 3.35. The lowest BCUT2D eigenvalue weighted by Gasteiger charge is -2.32. The second-order valence-electron chi connectivity index (χ2n) is 8.02. The van der Waals surface area contributed by atoms with Crippen molar-refractivity contribution < 1.29 is 9.21 Å². The van der Waals surface area contributed by atoms with Gasteiger partial charge in [0.05, 0.1) is 6.26 Å². The smallest absolute Gasteiger partial charge is 0.252 e. The summed E-state index contributed by atoms with van der Waals surface area (Å²) >= 11 is 0. The number of hydrogen-bond donors (Lipinski definition) is 1. The maximum atomic E-state index is 13.2. The van der Waals surface area contributed by atoms with E-state index in [1.54, 1.807) is 6.26 Å². The molecule has 1 amide bonds. The molecule has 3 aromatic rings. The molecule has 0 spiro atoms. The SMILES string of the molecule is O=C(N[C@@H]1CCCC[C@H]1Cc1ccco1)c1ccc2c3c(cccc13)CC2. The predicted molar refractivity (Wildman–Crippen MR) is 107 cm³/mol. The van der Waals surface area contributed by atoms with Crippen molar-refractivity contribution in [3.63, 3.8) is 0 Å². The molecule has 2 aliphatic carbocycles. The molecule has 2 aromatic carbocycles. The number of benzene rings is 2. The molecule has 0 saturated heterocycles. The molecule has 0 aliphatic heterocycles. The van der Waals surface area contributed by atoms with Gasteiger partial charge in [-0.25, -0.2) is 0 Å². The Morgan fingerprint density at radius 1 is 1.00 bits per heavy atom. The molecule has 0 radical (unpaired) electrons. The minimum Gasteiger partial charge on any atom is -0.469 e. The van der Waals surface area contributed by atoms with Crippen LogP contribution in [0.1, 0.15) is 52.9 Å². The summed E-state index contributed by atoms with van der Waals surface area (Å²) in [5.41, 5.74) is 3.58. The molecule has 1 aromatic heterocycles. The van der Waals surface area contributed by atoms with Gasteiger partial charge in [-0.05, 0) is 71.7 Å². The van der Waals surface area contributed by atoms with Gasteiger partial charge in [0.25, 0.3) is 5.91 Å². The van der Waals surface area contributed by atoms with E-state index in [0.717, 1.165) is 48.8 Å². The first-order valence-electron chi connectivity index (χ1n) is 10.2. The first-order chi connectivity index (χ1) is 13.3. The van der Waals surface area contributed by atoms with Crippen molar-refractivity contribution in [2.24, 2.45) is 5.92 Å². The summed E-state index contributed by atoms with van der Waals surface area (Å²) in [6.45, 7) is 0. The summed E-state index contributed by atoms with van der Waals surface area (Å²) in [6.07, 6.45) is 9.44. The van der Waals surface area contributed by atoms with Gasteiger partial charge < -0.3 is 9.73 Å². The third kappa shape index (κ3) is 3.05. The molecule has 138 valence electrons. The Morgan fingerprint density at radius 3 is 2.70 bits per heavy atom. The van der Waals surface area contributed by atoms with Crippen molar-refractivity contribution >= 4 is 16.7 Å². The van der Waals surface area contributed by atoms with Gasteiger partial charge >= 0.3 is 0 Å². The number of amides is 1. The molecule has 2 aliphatic rings. The summed E-state index contributed by atoms with van der Waals surface area (Å²) in [5.74, 6) is 1.54. The number of furan rings is 1. The van der Waals surface area contributed by atoms with Gasteiger partial charge in [0.2, 0.25) is 0 Å². The number of hydrogen-bond acceptors (Lipinski definition) is 2. The number of rotatable bonds is 4. The Kier molecular flexibility index (Phi) is 4.23. The number of carbonyl (C=O) groups is 1. The van der Waals surface area contributed by atoms with E-state index in [-0.39, 0.29) is 11.9 Å². The van der Waals surface area contributed by atoms with E-state index >= 15 is 0 Å². The molecule has 0 unspecified atom stereocenters. The van der Waals surface area contributed by atoms with Gasteiger partial charge in [-0.3, -0.25) is 4.79 Å². The van der Waals surface area contributed by atoms with Gasteiger partial charge in [0, 0.05) is 18.0 Å². The molecule has 3 heteroatoms. The molecule has 3 nitrogen and oxygen atoms in total. The van der Waals surface area contributed by atoms with Crippen LogP contribution in [0.5, 0.6) is 0 Å². The zero-order valence-electron chi connectivity index (χ0n) is 15.5. The van der Waals surface area contributed by atoms with Crippen LogP contribution in [0, 0.1) is 5.92 Å². The van der Waals surface area contributed by atoms with E-state index < -0.39 is 0 Å². The van der Waals surface area contributed by atoms with Gasteiger partial charge in [0.1, 0.15) is 5.76 Å². The van der Waals surface area contributed by atoms with Crippen LogP contribution in [0.25, 0.3) is 10.8 Å². The highest BCUT2D eigenvalue weighted by molar-refractivity contribution is 6.09. The van der Waals surface area contributed by atoms with Crippen molar-refractivity contribution in [3.05, 3.63) is 71.2 Å². The molecule has 27 heavy (non-hydrogen) atoms. The van der Waals surface area contributed by atoms with Gasteiger partial charge in [-0.1, -0.05) is 37.1 Å². The van der Waals surface area contributed by atoms with Gasteiger partial charge in [-0.15, -0.1) is 0 Å². The van der Waals surface area contributed by atoms with Gasteiger partial charge in [0.15, 0.2) is 0 Å². The number of carbonyl (C=O) groups excluding carboxylic acids is 1. The Balaban J connectivity index is 1.40. The maximum Gasteiger partial charge on any atom is 0.252 e. The second kappa shape index (κ2) is 6.88. The molecule has 1 heterocycles. The standard InChI is InChI=1S/C24H25NO2/c26-24(21-13-12-17-11-10-16-6-3-8-20(21)23(16)17)25-22-9-2-1-5-18(22)15-19-7-4-14-27-19/h3-4,6-8,12-14,18,22H,1-2,5,9-11,15H2,(H,25,26)/t18-,22+/m0/s1. The molecule has 1 saturated carbocycles. The van der Waals surface area contributed by atoms with E-state index in [9.17, 15) is 4.79 Å². The summed E-state index contributed by atoms with van der Waals surface area (Å²) in [5, 5.41) is 5.78. The molecule has 2 atom stereocenters. The third-order valence-corrected chi connectivity index (χ3v) is 6.39. The summed E-state index contributed by atoms with van der Waals surface area (Å²) in [7, 11) is 0. The topological polar surface area (TPSA) is 42.2 Å². The summed E-state index contributed by atoms with van der Waals surface area (Å²) < 4.78 is 5.55. The molecular weight excluding hydrogens is 334 g/mol. The van der Waals surface area contributed by atoms with Gasteiger partial charge in [-0.2, -0.15) is 0 Å². The molecule has 1 fully saturated rings. The highest BCUT2D eigenvalue weighted by Gasteiger charge is 2.28. The van der Waals surface area contributed by atoms with Crippen LogP contribution >= 0.6 is 0 Å². The highest BCUT2D eigenvalue weighted by atomic mass is 16.3. The lowest BCUT2D eigenvalue weighted by atomic mass is 9.81. The normalized spacial score (nSPS) is 21.5. The molecular formula is C24H25NO2. The summed E-state index contributed by atoms with van der Waals surface area (Å²) in [6, 6.07) is 14.8. The van der Waals surface area contributed by atoms with E-state index in [4.69, 9.17) is 4.42 Å². The lowest BCUT2D eigenvalue weighted by molar-refractivity contribution is 0.0905. The molecule has 1 N–H and O–H groups in total. The van der Waals surface area contributed by atoms with Crippen LogP contribution in [-0.2, 0) is 19.3 Å². The zero-order valence-corrected chi connectivity index (χ0v) is 15.5. The zero-order chi connectivity index (χ0) is 18.2. The number of nitrogens with one attached hydrogen (secondary N) is 1. The molecule has 0 bridgehead atoms. The van der Waals surface area contributed by atoms with Crippen molar-refractivity contribution in [2.45, 2.75) is 51.0 Å². The van der Waals surface area contributed by atoms with Crippen LogP contribution in [0.3, 0.4) is 0 Å². The lowest BCUT2D eigenvalue weighted by Crippen LogP contribution is -2.43. The van der Waals surface area contributed by atoms with E-state index in [0.29, 0.717) is 5.92 Å². The van der Waals surface area contributed by atoms with Crippen molar-refractivity contribution in [3.8, 4) is 0 Å². The third-order valence-electron chi connectivity index (χ3n) is 6.39. The van der Waals surface area contributed by atoms with E-state index in [1.165, 1.54) is 29.4 Å². The molecule has 5 rings (SSSR count). The Labute approximate surface area is 159 Å². The first kappa shape index (κ1) is 16.6. The summed E-state index contributed by atoms with van der Waals surface area (Å²) in [4.78, 5) is 13.2. The largest absolute Gasteiger partial charge is 0.469 e. The highest BCUT2D eigenvalue weighted by Crippen LogP contribution is 2.33. The second-order valence-corrected chi connectivity index (χ2v) is 8.02. The fourth-order valence-corrected chi connectivity index (χ4v) is 5.02. The minimum absolute atomic E-state index is 0.0712. The van der Waals surface area contributed by atoms with E-state index in [2.05, 4.69) is 29.6 Å². The van der Waals surface area contributed by atoms with Crippen molar-refractivity contribution in [1.29, 1.82) is 0 Å². The quantitative estimate of drug-likeness (QED) is 0.707.